The minimum Gasteiger partial charge on any atom is -0.385 e. The summed E-state index contributed by atoms with van der Waals surface area (Å²) in [5.41, 5.74) is 2.98. The van der Waals surface area contributed by atoms with Crippen molar-refractivity contribution < 1.29 is 0 Å². The molecule has 0 spiro atoms. The predicted octanol–water partition coefficient (Wildman–Crippen LogP) is 4.59. The van der Waals surface area contributed by atoms with Crippen molar-refractivity contribution >= 4 is 5.69 Å². The number of hydrogen-bond acceptors (Lipinski definition) is 1. The number of para-hydroxylation sites is 1. The van der Waals surface area contributed by atoms with E-state index in [-0.39, 0.29) is 5.41 Å². The number of nitrogens with one attached hydrogen (secondary N) is 1. The molecule has 94 valence electrons. The van der Waals surface area contributed by atoms with E-state index in [0.717, 1.165) is 12.5 Å². The first kappa shape index (κ1) is 12.5. The highest BCUT2D eigenvalue weighted by molar-refractivity contribution is 5.54. The van der Waals surface area contributed by atoms with Gasteiger partial charge in [-0.25, -0.2) is 0 Å². The molecule has 1 aliphatic rings. The standard InChI is InChI=1S/C16H25N/c1-16(2,3)14-10-6-7-11-15(14)17-12-13-8-4-5-9-13/h6-7,10-11,13,17H,4-5,8-9,12H2,1-3H3. The molecule has 1 fully saturated rings. The molecule has 0 bridgehead atoms. The van der Waals surface area contributed by atoms with E-state index in [1.165, 1.54) is 36.9 Å². The Morgan fingerprint density at radius 2 is 1.76 bits per heavy atom. The van der Waals surface area contributed by atoms with Gasteiger partial charge in [-0.2, -0.15) is 0 Å². The van der Waals surface area contributed by atoms with Crippen LogP contribution in [0.4, 0.5) is 5.69 Å². The van der Waals surface area contributed by atoms with Crippen molar-refractivity contribution in [3.8, 4) is 0 Å². The van der Waals surface area contributed by atoms with Gasteiger partial charge in [-0.3, -0.25) is 0 Å². The summed E-state index contributed by atoms with van der Waals surface area (Å²) >= 11 is 0. The molecule has 17 heavy (non-hydrogen) atoms. The predicted molar refractivity (Wildman–Crippen MR) is 75.6 cm³/mol. The van der Waals surface area contributed by atoms with Crippen LogP contribution < -0.4 is 5.32 Å². The zero-order chi connectivity index (χ0) is 12.3. The van der Waals surface area contributed by atoms with Crippen molar-refractivity contribution in [2.24, 2.45) is 5.92 Å². The highest BCUT2D eigenvalue weighted by Gasteiger charge is 2.19. The molecule has 1 N–H and O–H groups in total. The quantitative estimate of drug-likeness (QED) is 0.802. The largest absolute Gasteiger partial charge is 0.385 e. The Bertz CT molecular complexity index is 356. The van der Waals surface area contributed by atoms with Crippen LogP contribution in [-0.2, 0) is 5.41 Å². The molecule has 1 saturated carbocycles. The van der Waals surface area contributed by atoms with Crippen LogP contribution in [0.5, 0.6) is 0 Å². The van der Waals surface area contributed by atoms with Crippen LogP contribution in [0.1, 0.15) is 52.0 Å². The zero-order valence-electron chi connectivity index (χ0n) is 11.4. The summed E-state index contributed by atoms with van der Waals surface area (Å²) in [6, 6.07) is 8.74. The molecule has 1 aromatic rings. The number of rotatable bonds is 3. The van der Waals surface area contributed by atoms with Crippen molar-refractivity contribution in [1.82, 2.24) is 0 Å². The Morgan fingerprint density at radius 1 is 1.12 bits per heavy atom. The zero-order valence-corrected chi connectivity index (χ0v) is 11.4. The van der Waals surface area contributed by atoms with Gasteiger partial charge in [-0.15, -0.1) is 0 Å². The summed E-state index contributed by atoms with van der Waals surface area (Å²) in [6.45, 7) is 7.99. The third kappa shape index (κ3) is 3.24. The van der Waals surface area contributed by atoms with Crippen LogP contribution in [0.25, 0.3) is 0 Å². The van der Waals surface area contributed by atoms with Gasteiger partial charge in [0.2, 0.25) is 0 Å². The highest BCUT2D eigenvalue weighted by atomic mass is 14.9. The normalized spacial score (nSPS) is 17.4. The average molecular weight is 231 g/mol. The Balaban J connectivity index is 2.04. The van der Waals surface area contributed by atoms with Gasteiger partial charge in [0.05, 0.1) is 0 Å². The van der Waals surface area contributed by atoms with Gasteiger partial charge in [0.15, 0.2) is 0 Å². The Kier molecular flexibility index (Phi) is 3.76. The van der Waals surface area contributed by atoms with Crippen LogP contribution in [-0.4, -0.2) is 6.54 Å². The van der Waals surface area contributed by atoms with Crippen LogP contribution >= 0.6 is 0 Å². The maximum atomic E-state index is 3.66. The van der Waals surface area contributed by atoms with E-state index in [2.05, 4.69) is 50.4 Å². The third-order valence-corrected chi connectivity index (χ3v) is 3.79. The van der Waals surface area contributed by atoms with Gasteiger partial charge in [0.1, 0.15) is 0 Å². The maximum absolute atomic E-state index is 3.66. The lowest BCUT2D eigenvalue weighted by atomic mass is 9.85. The van der Waals surface area contributed by atoms with Crippen LogP contribution in [0.15, 0.2) is 24.3 Å². The van der Waals surface area contributed by atoms with Crippen molar-refractivity contribution in [2.45, 2.75) is 51.9 Å². The molecule has 0 amide bonds. The molecule has 2 rings (SSSR count). The summed E-state index contributed by atoms with van der Waals surface area (Å²) in [6.07, 6.45) is 5.66. The van der Waals surface area contributed by atoms with Crippen LogP contribution in [0.3, 0.4) is 0 Å². The van der Waals surface area contributed by atoms with Crippen molar-refractivity contribution in [3.05, 3.63) is 29.8 Å². The molecule has 0 unspecified atom stereocenters. The van der Waals surface area contributed by atoms with Crippen molar-refractivity contribution in [2.75, 3.05) is 11.9 Å². The molecular weight excluding hydrogens is 206 g/mol. The molecule has 1 aromatic carbocycles. The Morgan fingerprint density at radius 3 is 2.41 bits per heavy atom. The van der Waals surface area contributed by atoms with Crippen molar-refractivity contribution in [1.29, 1.82) is 0 Å². The van der Waals surface area contributed by atoms with E-state index in [1.807, 2.05) is 0 Å². The maximum Gasteiger partial charge on any atom is 0.0378 e. The van der Waals surface area contributed by atoms with E-state index in [0.29, 0.717) is 0 Å². The summed E-state index contributed by atoms with van der Waals surface area (Å²) in [4.78, 5) is 0. The second-order valence-electron chi connectivity index (χ2n) is 6.33. The van der Waals surface area contributed by atoms with E-state index in [4.69, 9.17) is 0 Å². The molecule has 1 nitrogen and oxygen atoms in total. The molecule has 0 aliphatic heterocycles. The average Bonchev–Trinajstić information content (AvgIpc) is 2.78. The fraction of sp³-hybridized carbons (Fsp3) is 0.625. The summed E-state index contributed by atoms with van der Waals surface area (Å²) in [5.74, 6) is 0.892. The monoisotopic (exact) mass is 231 g/mol. The SMILES string of the molecule is CC(C)(C)c1ccccc1NCC1CCCC1. The van der Waals surface area contributed by atoms with Gasteiger partial charge in [-0.1, -0.05) is 51.8 Å². The summed E-state index contributed by atoms with van der Waals surface area (Å²) in [5, 5.41) is 3.66. The van der Waals surface area contributed by atoms with Crippen molar-refractivity contribution in [3.63, 3.8) is 0 Å². The van der Waals surface area contributed by atoms with E-state index in [1.54, 1.807) is 0 Å². The number of hydrogen-bond donors (Lipinski definition) is 1. The van der Waals surface area contributed by atoms with Gasteiger partial charge in [0.25, 0.3) is 0 Å². The first-order chi connectivity index (χ1) is 8.07. The smallest absolute Gasteiger partial charge is 0.0378 e. The van der Waals surface area contributed by atoms with Gasteiger partial charge in [-0.05, 0) is 35.8 Å². The lowest BCUT2D eigenvalue weighted by Gasteiger charge is -2.24. The van der Waals surface area contributed by atoms with Gasteiger partial charge >= 0.3 is 0 Å². The van der Waals surface area contributed by atoms with E-state index >= 15 is 0 Å². The topological polar surface area (TPSA) is 12.0 Å². The first-order valence-corrected chi connectivity index (χ1v) is 6.91. The minimum absolute atomic E-state index is 0.221. The van der Waals surface area contributed by atoms with E-state index in [9.17, 15) is 0 Å². The second-order valence-corrected chi connectivity index (χ2v) is 6.33. The lowest BCUT2D eigenvalue weighted by molar-refractivity contribution is 0.571. The number of benzene rings is 1. The molecule has 0 aromatic heterocycles. The third-order valence-electron chi connectivity index (χ3n) is 3.79. The second kappa shape index (κ2) is 5.12. The minimum atomic E-state index is 0.221. The fourth-order valence-corrected chi connectivity index (χ4v) is 2.76. The van der Waals surface area contributed by atoms with Gasteiger partial charge < -0.3 is 5.32 Å². The summed E-state index contributed by atoms with van der Waals surface area (Å²) < 4.78 is 0. The molecule has 0 heterocycles. The Hall–Kier alpha value is -0.980. The molecule has 1 heteroatoms. The summed E-state index contributed by atoms with van der Waals surface area (Å²) in [7, 11) is 0. The molecular formula is C16H25N. The number of anilines is 1. The molecule has 0 saturated heterocycles. The fourth-order valence-electron chi connectivity index (χ4n) is 2.76. The Labute approximate surface area is 106 Å². The van der Waals surface area contributed by atoms with Crippen LogP contribution in [0, 0.1) is 5.92 Å². The van der Waals surface area contributed by atoms with Gasteiger partial charge in [0, 0.05) is 12.2 Å². The highest BCUT2D eigenvalue weighted by Crippen LogP contribution is 2.30. The van der Waals surface area contributed by atoms with Crippen LogP contribution in [0.2, 0.25) is 0 Å². The molecule has 0 radical (unpaired) electrons. The molecule has 0 atom stereocenters. The van der Waals surface area contributed by atoms with E-state index < -0.39 is 0 Å². The molecule has 1 aliphatic carbocycles. The lowest BCUT2D eigenvalue weighted by Crippen LogP contribution is -2.17. The first-order valence-electron chi connectivity index (χ1n) is 6.91.